The first kappa shape index (κ1) is 10.0. The maximum absolute atomic E-state index is 9.35. The van der Waals surface area contributed by atoms with Crippen molar-refractivity contribution in [3.05, 3.63) is 0 Å². The largest absolute Gasteiger partial charge is 0.396 e. The number of aliphatic hydroxyl groups excluding tert-OH is 2. The van der Waals surface area contributed by atoms with Gasteiger partial charge in [0.1, 0.15) is 0 Å². The molecule has 1 aliphatic rings. The molecule has 1 fully saturated rings. The topological polar surface area (TPSA) is 40.5 Å². The summed E-state index contributed by atoms with van der Waals surface area (Å²) in [6.07, 6.45) is 1.02. The molecule has 1 unspecified atom stereocenters. The second kappa shape index (κ2) is 2.46. The predicted octanol–water partition coefficient (Wildman–Crippen LogP) is 1.41. The standard InChI is InChI=1S/C10H20O2/c1-8(2)5-10(8,7-12)9(3,4)6-11/h11-12H,5-7H2,1-4H3. The van der Waals surface area contributed by atoms with E-state index in [2.05, 4.69) is 13.8 Å². The lowest BCUT2D eigenvalue weighted by atomic mass is 9.72. The third-order valence-corrected chi connectivity index (χ3v) is 3.87. The molecule has 0 spiro atoms. The zero-order valence-electron chi connectivity index (χ0n) is 8.52. The van der Waals surface area contributed by atoms with Crippen LogP contribution in [0.2, 0.25) is 0 Å². The van der Waals surface area contributed by atoms with E-state index in [1.165, 1.54) is 0 Å². The number of rotatable bonds is 3. The predicted molar refractivity (Wildman–Crippen MR) is 48.8 cm³/mol. The second-order valence-corrected chi connectivity index (χ2v) is 5.34. The van der Waals surface area contributed by atoms with E-state index in [4.69, 9.17) is 0 Å². The van der Waals surface area contributed by atoms with Crippen molar-refractivity contribution >= 4 is 0 Å². The van der Waals surface area contributed by atoms with Crippen LogP contribution in [0.15, 0.2) is 0 Å². The number of hydrogen-bond acceptors (Lipinski definition) is 2. The molecule has 0 heterocycles. The summed E-state index contributed by atoms with van der Waals surface area (Å²) in [5, 5.41) is 18.6. The van der Waals surface area contributed by atoms with E-state index in [0.29, 0.717) is 0 Å². The van der Waals surface area contributed by atoms with Crippen LogP contribution in [0.1, 0.15) is 34.1 Å². The van der Waals surface area contributed by atoms with Crippen molar-refractivity contribution in [1.82, 2.24) is 0 Å². The summed E-state index contributed by atoms with van der Waals surface area (Å²) in [7, 11) is 0. The monoisotopic (exact) mass is 172 g/mol. The molecule has 12 heavy (non-hydrogen) atoms. The van der Waals surface area contributed by atoms with Gasteiger partial charge in [-0.15, -0.1) is 0 Å². The minimum Gasteiger partial charge on any atom is -0.396 e. The summed E-state index contributed by atoms with van der Waals surface area (Å²) in [6, 6.07) is 0. The maximum atomic E-state index is 9.35. The first-order chi connectivity index (χ1) is 5.33. The van der Waals surface area contributed by atoms with Gasteiger partial charge in [-0.2, -0.15) is 0 Å². The Balaban J connectivity index is 2.86. The first-order valence-electron chi connectivity index (χ1n) is 4.55. The van der Waals surface area contributed by atoms with Crippen LogP contribution in [0.5, 0.6) is 0 Å². The summed E-state index contributed by atoms with van der Waals surface area (Å²) in [4.78, 5) is 0. The molecule has 2 nitrogen and oxygen atoms in total. The Labute approximate surface area is 74.6 Å². The van der Waals surface area contributed by atoms with Gasteiger partial charge in [-0.05, 0) is 17.3 Å². The van der Waals surface area contributed by atoms with Gasteiger partial charge >= 0.3 is 0 Å². The van der Waals surface area contributed by atoms with Gasteiger partial charge in [-0.3, -0.25) is 0 Å². The third-order valence-electron chi connectivity index (χ3n) is 3.87. The van der Waals surface area contributed by atoms with Crippen LogP contribution in [0.3, 0.4) is 0 Å². The molecule has 0 aromatic rings. The molecular formula is C10H20O2. The van der Waals surface area contributed by atoms with Crippen molar-refractivity contribution in [2.75, 3.05) is 13.2 Å². The molecule has 1 aliphatic carbocycles. The molecule has 0 bridgehead atoms. The van der Waals surface area contributed by atoms with E-state index in [1.807, 2.05) is 13.8 Å². The third kappa shape index (κ3) is 1.01. The molecular weight excluding hydrogens is 152 g/mol. The molecule has 1 saturated carbocycles. The normalized spacial score (nSPS) is 33.5. The summed E-state index contributed by atoms with van der Waals surface area (Å²) in [5.74, 6) is 0. The van der Waals surface area contributed by atoms with E-state index in [0.717, 1.165) is 6.42 Å². The zero-order valence-corrected chi connectivity index (χ0v) is 8.52. The molecule has 0 radical (unpaired) electrons. The molecule has 2 N–H and O–H groups in total. The average Bonchev–Trinajstić information content (AvgIpc) is 2.55. The van der Waals surface area contributed by atoms with Crippen molar-refractivity contribution < 1.29 is 10.2 Å². The molecule has 1 atom stereocenters. The van der Waals surface area contributed by atoms with Crippen LogP contribution >= 0.6 is 0 Å². The molecule has 72 valence electrons. The van der Waals surface area contributed by atoms with Gasteiger partial charge in [0.05, 0.1) is 0 Å². The Hall–Kier alpha value is -0.0800. The molecule has 0 aromatic heterocycles. The van der Waals surface area contributed by atoms with E-state index < -0.39 is 0 Å². The van der Waals surface area contributed by atoms with Gasteiger partial charge in [0.2, 0.25) is 0 Å². The maximum Gasteiger partial charge on any atom is 0.0498 e. The fourth-order valence-electron chi connectivity index (χ4n) is 2.50. The van der Waals surface area contributed by atoms with Crippen LogP contribution in [0.25, 0.3) is 0 Å². The summed E-state index contributed by atoms with van der Waals surface area (Å²) < 4.78 is 0. The smallest absolute Gasteiger partial charge is 0.0498 e. The fraction of sp³-hybridized carbons (Fsp3) is 1.00. The fourth-order valence-corrected chi connectivity index (χ4v) is 2.50. The van der Waals surface area contributed by atoms with Crippen LogP contribution in [0.4, 0.5) is 0 Å². The van der Waals surface area contributed by atoms with Crippen LogP contribution < -0.4 is 0 Å². The molecule has 0 aromatic carbocycles. The van der Waals surface area contributed by atoms with E-state index in [1.54, 1.807) is 0 Å². The minimum atomic E-state index is -0.161. The lowest BCUT2D eigenvalue weighted by Gasteiger charge is -2.34. The van der Waals surface area contributed by atoms with Gasteiger partial charge in [0.15, 0.2) is 0 Å². The highest BCUT2D eigenvalue weighted by molar-refractivity contribution is 5.15. The Morgan fingerprint density at radius 3 is 1.75 bits per heavy atom. The molecule has 0 saturated heterocycles. The van der Waals surface area contributed by atoms with Crippen molar-refractivity contribution in [3.63, 3.8) is 0 Å². The van der Waals surface area contributed by atoms with Crippen LogP contribution in [0, 0.1) is 16.2 Å². The quantitative estimate of drug-likeness (QED) is 0.676. The first-order valence-corrected chi connectivity index (χ1v) is 4.55. The van der Waals surface area contributed by atoms with Crippen molar-refractivity contribution in [3.8, 4) is 0 Å². The van der Waals surface area contributed by atoms with E-state index in [-0.39, 0.29) is 29.5 Å². The summed E-state index contributed by atoms with van der Waals surface area (Å²) in [5.41, 5.74) is -0.0337. The van der Waals surface area contributed by atoms with E-state index >= 15 is 0 Å². The molecule has 1 rings (SSSR count). The van der Waals surface area contributed by atoms with Crippen LogP contribution in [-0.2, 0) is 0 Å². The Bertz CT molecular complexity index is 184. The van der Waals surface area contributed by atoms with Gasteiger partial charge in [0.25, 0.3) is 0 Å². The van der Waals surface area contributed by atoms with Gasteiger partial charge in [-0.25, -0.2) is 0 Å². The van der Waals surface area contributed by atoms with Crippen molar-refractivity contribution in [2.45, 2.75) is 34.1 Å². The summed E-state index contributed by atoms with van der Waals surface area (Å²) in [6.45, 7) is 8.70. The second-order valence-electron chi connectivity index (χ2n) is 5.34. The van der Waals surface area contributed by atoms with Crippen molar-refractivity contribution in [1.29, 1.82) is 0 Å². The highest BCUT2D eigenvalue weighted by Crippen LogP contribution is 2.71. The molecule has 0 aliphatic heterocycles. The zero-order chi connectivity index (χ0) is 9.62. The Morgan fingerprint density at radius 1 is 1.25 bits per heavy atom. The molecule has 2 heteroatoms. The van der Waals surface area contributed by atoms with Crippen molar-refractivity contribution in [2.24, 2.45) is 16.2 Å². The highest BCUT2D eigenvalue weighted by Gasteiger charge is 2.67. The van der Waals surface area contributed by atoms with Gasteiger partial charge in [-0.1, -0.05) is 27.7 Å². The van der Waals surface area contributed by atoms with Gasteiger partial charge < -0.3 is 10.2 Å². The minimum absolute atomic E-state index is 0.0608. The lowest BCUT2D eigenvalue weighted by molar-refractivity contribution is 0.0162. The molecule has 0 amide bonds. The lowest BCUT2D eigenvalue weighted by Crippen LogP contribution is -2.35. The highest BCUT2D eigenvalue weighted by atomic mass is 16.3. The number of aliphatic hydroxyl groups is 2. The van der Waals surface area contributed by atoms with Gasteiger partial charge in [0, 0.05) is 18.6 Å². The van der Waals surface area contributed by atoms with Crippen LogP contribution in [-0.4, -0.2) is 23.4 Å². The Morgan fingerprint density at radius 2 is 1.67 bits per heavy atom. The average molecular weight is 172 g/mol. The SMILES string of the molecule is CC(C)(CO)C1(CO)CC1(C)C. The number of hydrogen-bond donors (Lipinski definition) is 2. The Kier molecular flexibility index (Phi) is 2.05. The van der Waals surface area contributed by atoms with E-state index in [9.17, 15) is 10.2 Å². The summed E-state index contributed by atoms with van der Waals surface area (Å²) >= 11 is 0.